The van der Waals surface area contributed by atoms with Crippen molar-refractivity contribution in [2.45, 2.75) is 12.2 Å². The van der Waals surface area contributed by atoms with E-state index in [1.807, 2.05) is 19.0 Å². The van der Waals surface area contributed by atoms with Crippen LogP contribution in [0.4, 0.5) is 24.5 Å². The minimum Gasteiger partial charge on any atom is -0.507 e. The standard InChI is InChI=1S/C27H23F3N2O4/c1-31(2)19-10-4-16(5-11-19)23-22(24(33)17-6-14-21(36-3)15-7-17)25(34)26(35)32(23)20-12-8-18(9-13-20)27(28,29)30/h4-15,23,33H,1-3H3/b24-22+. The number of halogens is 3. The topological polar surface area (TPSA) is 70.1 Å². The van der Waals surface area contributed by atoms with Crippen LogP contribution in [0.1, 0.15) is 22.7 Å². The van der Waals surface area contributed by atoms with Crippen LogP contribution in [0.25, 0.3) is 5.76 Å². The van der Waals surface area contributed by atoms with Gasteiger partial charge in [0.05, 0.1) is 24.3 Å². The quantitative estimate of drug-likeness (QED) is 0.291. The number of Topliss-reactive ketones (excluding diaryl/α,β-unsaturated/α-hetero) is 1. The van der Waals surface area contributed by atoms with Crippen LogP contribution >= 0.6 is 0 Å². The molecule has 0 spiro atoms. The monoisotopic (exact) mass is 496 g/mol. The molecule has 6 nitrogen and oxygen atoms in total. The first-order valence-electron chi connectivity index (χ1n) is 10.9. The highest BCUT2D eigenvalue weighted by Gasteiger charge is 2.47. The van der Waals surface area contributed by atoms with Crippen LogP contribution in [0.5, 0.6) is 5.75 Å². The van der Waals surface area contributed by atoms with E-state index >= 15 is 0 Å². The van der Waals surface area contributed by atoms with Crippen molar-refractivity contribution in [1.29, 1.82) is 0 Å². The van der Waals surface area contributed by atoms with E-state index in [1.165, 1.54) is 7.11 Å². The van der Waals surface area contributed by atoms with Gasteiger partial charge in [-0.2, -0.15) is 13.2 Å². The van der Waals surface area contributed by atoms with Gasteiger partial charge in [-0.1, -0.05) is 12.1 Å². The normalized spacial score (nSPS) is 17.4. The average Bonchev–Trinajstić information content (AvgIpc) is 3.13. The number of aliphatic hydroxyl groups excluding tert-OH is 1. The zero-order valence-electron chi connectivity index (χ0n) is 19.7. The number of anilines is 2. The van der Waals surface area contributed by atoms with Gasteiger partial charge in [0.1, 0.15) is 11.5 Å². The van der Waals surface area contributed by atoms with E-state index in [0.29, 0.717) is 11.3 Å². The summed E-state index contributed by atoms with van der Waals surface area (Å²) >= 11 is 0. The second kappa shape index (κ2) is 9.41. The fourth-order valence-electron chi connectivity index (χ4n) is 4.08. The smallest absolute Gasteiger partial charge is 0.416 e. The zero-order valence-corrected chi connectivity index (χ0v) is 19.7. The highest BCUT2D eigenvalue weighted by atomic mass is 19.4. The van der Waals surface area contributed by atoms with Gasteiger partial charge in [0, 0.05) is 31.0 Å². The maximum Gasteiger partial charge on any atom is 0.416 e. The molecule has 0 aromatic heterocycles. The lowest BCUT2D eigenvalue weighted by molar-refractivity contribution is -0.137. The fraction of sp³-hybridized carbons (Fsp3) is 0.185. The van der Waals surface area contributed by atoms with Crippen LogP contribution in [0.2, 0.25) is 0 Å². The molecule has 1 unspecified atom stereocenters. The molecule has 0 saturated carbocycles. The van der Waals surface area contributed by atoms with Gasteiger partial charge in [-0.3, -0.25) is 14.5 Å². The Bertz CT molecular complexity index is 1310. The Balaban J connectivity index is 1.88. The number of ketones is 1. The Labute approximate surface area is 205 Å². The molecular weight excluding hydrogens is 473 g/mol. The fourth-order valence-corrected chi connectivity index (χ4v) is 4.08. The summed E-state index contributed by atoms with van der Waals surface area (Å²) in [4.78, 5) is 29.3. The Hall–Kier alpha value is -4.27. The molecule has 1 aliphatic rings. The van der Waals surface area contributed by atoms with Gasteiger partial charge in [-0.25, -0.2) is 0 Å². The number of carbonyl (C=O) groups is 2. The van der Waals surface area contributed by atoms with Crippen molar-refractivity contribution in [3.8, 4) is 5.75 Å². The lowest BCUT2D eigenvalue weighted by atomic mass is 9.95. The lowest BCUT2D eigenvalue weighted by Gasteiger charge is -2.26. The van der Waals surface area contributed by atoms with E-state index < -0.39 is 35.2 Å². The summed E-state index contributed by atoms with van der Waals surface area (Å²) in [6.45, 7) is 0. The Morgan fingerprint density at radius 1 is 0.917 bits per heavy atom. The molecule has 0 bridgehead atoms. The third-order valence-corrected chi connectivity index (χ3v) is 6.01. The number of alkyl halides is 3. The largest absolute Gasteiger partial charge is 0.507 e. The van der Waals surface area contributed by atoms with Gasteiger partial charge < -0.3 is 14.7 Å². The van der Waals surface area contributed by atoms with Gasteiger partial charge in [0.15, 0.2) is 0 Å². The first-order chi connectivity index (χ1) is 17.0. The number of methoxy groups -OCH3 is 1. The Kier molecular flexibility index (Phi) is 6.49. The van der Waals surface area contributed by atoms with Crippen LogP contribution in [0.15, 0.2) is 78.4 Å². The molecular formula is C27H23F3N2O4. The average molecular weight is 496 g/mol. The van der Waals surface area contributed by atoms with Crippen molar-refractivity contribution in [3.63, 3.8) is 0 Å². The third kappa shape index (κ3) is 4.51. The second-order valence-corrected chi connectivity index (χ2v) is 8.43. The second-order valence-electron chi connectivity index (χ2n) is 8.43. The summed E-state index contributed by atoms with van der Waals surface area (Å²) in [7, 11) is 5.20. The van der Waals surface area contributed by atoms with Crippen molar-refractivity contribution in [2.75, 3.05) is 31.0 Å². The number of aliphatic hydroxyl groups is 1. The molecule has 1 heterocycles. The minimum absolute atomic E-state index is 0.0977. The first kappa shape index (κ1) is 24.8. The summed E-state index contributed by atoms with van der Waals surface area (Å²) < 4.78 is 44.4. The van der Waals surface area contributed by atoms with Gasteiger partial charge in [-0.15, -0.1) is 0 Å². The van der Waals surface area contributed by atoms with E-state index in [9.17, 15) is 27.9 Å². The molecule has 9 heteroatoms. The molecule has 36 heavy (non-hydrogen) atoms. The molecule has 1 N–H and O–H groups in total. The number of hydrogen-bond acceptors (Lipinski definition) is 5. The van der Waals surface area contributed by atoms with Crippen LogP contribution < -0.4 is 14.5 Å². The van der Waals surface area contributed by atoms with E-state index in [1.54, 1.807) is 48.5 Å². The summed E-state index contributed by atoms with van der Waals surface area (Å²) in [6, 6.07) is 16.2. The van der Waals surface area contributed by atoms with Crippen LogP contribution in [-0.2, 0) is 15.8 Å². The van der Waals surface area contributed by atoms with E-state index in [4.69, 9.17) is 4.74 Å². The number of nitrogens with zero attached hydrogens (tertiary/aromatic N) is 2. The molecule has 186 valence electrons. The Morgan fingerprint density at radius 3 is 2.00 bits per heavy atom. The van der Waals surface area contributed by atoms with Gasteiger partial charge in [0.2, 0.25) is 0 Å². The number of amides is 1. The number of ether oxygens (including phenoxy) is 1. The SMILES string of the molecule is COc1ccc(/C(O)=C2\C(=O)C(=O)N(c3ccc(C(F)(F)F)cc3)C2c2ccc(N(C)C)cc2)cc1. The molecule has 3 aromatic carbocycles. The summed E-state index contributed by atoms with van der Waals surface area (Å²) in [5.74, 6) is -1.75. The predicted molar refractivity (Wildman–Crippen MR) is 130 cm³/mol. The minimum atomic E-state index is -4.55. The molecule has 1 atom stereocenters. The molecule has 1 aliphatic heterocycles. The molecule has 1 saturated heterocycles. The number of hydrogen-bond donors (Lipinski definition) is 1. The zero-order chi connectivity index (χ0) is 26.2. The van der Waals surface area contributed by atoms with E-state index in [2.05, 4.69) is 0 Å². The lowest BCUT2D eigenvalue weighted by Crippen LogP contribution is -2.29. The molecule has 0 aliphatic carbocycles. The van der Waals surface area contributed by atoms with Crippen molar-refractivity contribution in [2.24, 2.45) is 0 Å². The van der Waals surface area contributed by atoms with Crippen LogP contribution in [-0.4, -0.2) is 38.0 Å². The number of benzene rings is 3. The van der Waals surface area contributed by atoms with Crippen molar-refractivity contribution in [3.05, 3.63) is 95.1 Å². The maximum absolute atomic E-state index is 13.2. The van der Waals surface area contributed by atoms with E-state index in [0.717, 1.165) is 34.9 Å². The molecule has 0 radical (unpaired) electrons. The number of carbonyl (C=O) groups excluding carboxylic acids is 2. The predicted octanol–water partition coefficient (Wildman–Crippen LogP) is 5.41. The van der Waals surface area contributed by atoms with Gasteiger partial charge in [0.25, 0.3) is 11.7 Å². The molecule has 1 amide bonds. The van der Waals surface area contributed by atoms with Crippen LogP contribution in [0.3, 0.4) is 0 Å². The first-order valence-corrected chi connectivity index (χ1v) is 10.9. The van der Waals surface area contributed by atoms with Gasteiger partial charge >= 0.3 is 6.18 Å². The molecule has 4 rings (SSSR count). The third-order valence-electron chi connectivity index (χ3n) is 6.01. The molecule has 1 fully saturated rings. The summed E-state index contributed by atoms with van der Waals surface area (Å²) in [5, 5.41) is 11.1. The van der Waals surface area contributed by atoms with E-state index in [-0.39, 0.29) is 16.8 Å². The van der Waals surface area contributed by atoms with Crippen molar-refractivity contribution < 1.29 is 32.6 Å². The highest BCUT2D eigenvalue weighted by molar-refractivity contribution is 6.51. The number of rotatable bonds is 5. The van der Waals surface area contributed by atoms with Gasteiger partial charge in [-0.05, 0) is 66.2 Å². The molecule has 3 aromatic rings. The van der Waals surface area contributed by atoms with Crippen molar-refractivity contribution >= 4 is 28.8 Å². The summed E-state index contributed by atoms with van der Waals surface area (Å²) in [6.07, 6.45) is -4.55. The Morgan fingerprint density at radius 2 is 1.50 bits per heavy atom. The van der Waals surface area contributed by atoms with Crippen molar-refractivity contribution in [1.82, 2.24) is 0 Å². The maximum atomic E-state index is 13.2. The van der Waals surface area contributed by atoms with Crippen LogP contribution in [0, 0.1) is 0 Å². The summed E-state index contributed by atoms with van der Waals surface area (Å²) in [5.41, 5.74) is 0.711. The highest BCUT2D eigenvalue weighted by Crippen LogP contribution is 2.43.